The fourth-order valence-corrected chi connectivity index (χ4v) is 2.54. The molecular weight excluding hydrogens is 319 g/mol. The van der Waals surface area contributed by atoms with Crippen LogP contribution in [0.3, 0.4) is 0 Å². The van der Waals surface area contributed by atoms with Crippen LogP contribution in [0.25, 0.3) is 22.6 Å². The van der Waals surface area contributed by atoms with Gasteiger partial charge >= 0.3 is 0 Å². The molecule has 25 heavy (non-hydrogen) atoms. The second-order valence-electron chi connectivity index (χ2n) is 5.50. The Morgan fingerprint density at radius 3 is 2.40 bits per heavy atom. The van der Waals surface area contributed by atoms with Gasteiger partial charge < -0.3 is 9.73 Å². The van der Waals surface area contributed by atoms with Gasteiger partial charge in [-0.1, -0.05) is 24.3 Å². The third kappa shape index (κ3) is 2.99. The Morgan fingerprint density at radius 1 is 0.920 bits per heavy atom. The third-order valence-corrected chi connectivity index (χ3v) is 3.80. The Bertz CT molecular complexity index is 1020. The number of nitrogens with one attached hydrogen (secondary N) is 1. The first-order valence-electron chi connectivity index (χ1n) is 7.72. The fraction of sp³-hybridized carbons (Fsp3) is 0. The van der Waals surface area contributed by atoms with E-state index in [4.69, 9.17) is 4.42 Å². The summed E-state index contributed by atoms with van der Waals surface area (Å²) in [5.74, 6) is -0.538. The molecule has 0 atom stereocenters. The van der Waals surface area contributed by atoms with Crippen LogP contribution in [0.1, 0.15) is 10.4 Å². The van der Waals surface area contributed by atoms with Gasteiger partial charge in [-0.05, 0) is 48.5 Å². The Morgan fingerprint density at radius 2 is 1.64 bits per heavy atom. The van der Waals surface area contributed by atoms with E-state index in [-0.39, 0.29) is 5.56 Å². The highest BCUT2D eigenvalue weighted by Crippen LogP contribution is 2.25. The number of hydrogen-bond acceptors (Lipinski definition) is 3. The summed E-state index contributed by atoms with van der Waals surface area (Å²) >= 11 is 0. The lowest BCUT2D eigenvalue weighted by Crippen LogP contribution is -2.13. The van der Waals surface area contributed by atoms with Gasteiger partial charge in [0.25, 0.3) is 5.91 Å². The fourth-order valence-electron chi connectivity index (χ4n) is 2.54. The molecule has 0 fully saturated rings. The molecule has 4 rings (SSSR count). The van der Waals surface area contributed by atoms with Gasteiger partial charge in [0.15, 0.2) is 5.58 Å². The zero-order valence-corrected chi connectivity index (χ0v) is 13.1. The molecule has 0 aliphatic carbocycles. The minimum atomic E-state index is -0.553. The number of benzene rings is 3. The zero-order valence-electron chi connectivity index (χ0n) is 13.1. The Labute approximate surface area is 142 Å². The van der Waals surface area contributed by atoms with E-state index in [1.54, 1.807) is 36.4 Å². The maximum Gasteiger partial charge on any atom is 0.258 e. The van der Waals surface area contributed by atoms with Crippen molar-refractivity contribution in [1.29, 1.82) is 0 Å². The molecule has 0 unspecified atom stereocenters. The highest BCUT2D eigenvalue weighted by Gasteiger charge is 2.12. The summed E-state index contributed by atoms with van der Waals surface area (Å²) in [5.41, 5.74) is 2.86. The van der Waals surface area contributed by atoms with Gasteiger partial charge in [-0.3, -0.25) is 4.79 Å². The van der Waals surface area contributed by atoms with Gasteiger partial charge in [-0.2, -0.15) is 0 Å². The molecule has 0 aliphatic rings. The van der Waals surface area contributed by atoms with Crippen molar-refractivity contribution in [2.45, 2.75) is 0 Å². The van der Waals surface area contributed by atoms with Crippen molar-refractivity contribution in [3.63, 3.8) is 0 Å². The summed E-state index contributed by atoms with van der Waals surface area (Å²) in [4.78, 5) is 16.6. The number of fused-ring (bicyclic) bond motifs is 1. The maximum atomic E-state index is 13.6. The monoisotopic (exact) mass is 332 g/mol. The van der Waals surface area contributed by atoms with Gasteiger partial charge in [0, 0.05) is 11.3 Å². The number of carbonyl (C=O) groups excluding carboxylic acids is 1. The number of halogens is 1. The van der Waals surface area contributed by atoms with Crippen LogP contribution in [0.4, 0.5) is 10.1 Å². The minimum Gasteiger partial charge on any atom is -0.436 e. The van der Waals surface area contributed by atoms with Crippen molar-refractivity contribution >= 4 is 22.7 Å². The lowest BCUT2D eigenvalue weighted by Gasteiger charge is -2.06. The van der Waals surface area contributed by atoms with Crippen molar-refractivity contribution in [3.05, 3.63) is 84.2 Å². The van der Waals surface area contributed by atoms with E-state index in [1.807, 2.05) is 24.3 Å². The summed E-state index contributed by atoms with van der Waals surface area (Å²) < 4.78 is 19.4. The first-order valence-corrected chi connectivity index (χ1v) is 7.72. The van der Waals surface area contributed by atoms with Crippen LogP contribution in [0.2, 0.25) is 0 Å². The summed E-state index contributed by atoms with van der Waals surface area (Å²) in [5, 5.41) is 2.67. The minimum absolute atomic E-state index is 0.00512. The second-order valence-corrected chi connectivity index (χ2v) is 5.50. The summed E-state index contributed by atoms with van der Waals surface area (Å²) in [7, 11) is 0. The zero-order chi connectivity index (χ0) is 17.2. The average molecular weight is 332 g/mol. The standard InChI is InChI=1S/C20H13FN2O2/c21-16-6-2-1-5-15(16)19(24)22-14-11-9-13(10-12-14)20-23-17-7-3-4-8-18(17)25-20/h1-12H,(H,22,24). The number of amides is 1. The molecule has 1 amide bonds. The van der Waals surface area contributed by atoms with E-state index in [2.05, 4.69) is 10.3 Å². The Hall–Kier alpha value is -3.47. The second kappa shape index (κ2) is 6.20. The van der Waals surface area contributed by atoms with Gasteiger partial charge in [0.05, 0.1) is 5.56 Å². The van der Waals surface area contributed by atoms with Crippen LogP contribution in [-0.2, 0) is 0 Å². The Balaban J connectivity index is 1.56. The van der Waals surface area contributed by atoms with Gasteiger partial charge in [0.2, 0.25) is 5.89 Å². The summed E-state index contributed by atoms with van der Waals surface area (Å²) in [6.07, 6.45) is 0. The van der Waals surface area contributed by atoms with Gasteiger partial charge in [0.1, 0.15) is 11.3 Å². The quantitative estimate of drug-likeness (QED) is 0.581. The van der Waals surface area contributed by atoms with Crippen molar-refractivity contribution in [2.75, 3.05) is 5.32 Å². The third-order valence-electron chi connectivity index (χ3n) is 3.80. The molecule has 1 heterocycles. The molecule has 0 radical (unpaired) electrons. The number of nitrogens with zero attached hydrogens (tertiary/aromatic N) is 1. The normalized spacial score (nSPS) is 10.8. The SMILES string of the molecule is O=C(Nc1ccc(-c2nc3ccccc3o2)cc1)c1ccccc1F. The molecule has 0 saturated carbocycles. The van der Waals surface area contributed by atoms with Crippen LogP contribution in [-0.4, -0.2) is 10.9 Å². The molecule has 4 nitrogen and oxygen atoms in total. The largest absolute Gasteiger partial charge is 0.436 e. The summed E-state index contributed by atoms with van der Waals surface area (Å²) in [6.45, 7) is 0. The lowest BCUT2D eigenvalue weighted by atomic mass is 10.1. The van der Waals surface area contributed by atoms with E-state index in [9.17, 15) is 9.18 Å². The van der Waals surface area contributed by atoms with Crippen molar-refractivity contribution in [2.24, 2.45) is 0 Å². The van der Waals surface area contributed by atoms with Crippen LogP contribution in [0.5, 0.6) is 0 Å². The summed E-state index contributed by atoms with van der Waals surface area (Å²) in [6, 6.07) is 20.4. The molecule has 122 valence electrons. The smallest absolute Gasteiger partial charge is 0.258 e. The first-order chi connectivity index (χ1) is 12.2. The van der Waals surface area contributed by atoms with Crippen molar-refractivity contribution in [1.82, 2.24) is 4.98 Å². The van der Waals surface area contributed by atoms with Crippen LogP contribution in [0, 0.1) is 5.82 Å². The van der Waals surface area contributed by atoms with Gasteiger partial charge in [-0.25, -0.2) is 9.37 Å². The lowest BCUT2D eigenvalue weighted by molar-refractivity contribution is 0.102. The van der Waals surface area contributed by atoms with Crippen LogP contribution < -0.4 is 5.32 Å². The molecular formula is C20H13FN2O2. The highest BCUT2D eigenvalue weighted by molar-refractivity contribution is 6.04. The molecule has 0 aliphatic heterocycles. The van der Waals surface area contributed by atoms with E-state index in [0.29, 0.717) is 11.6 Å². The maximum absolute atomic E-state index is 13.6. The van der Waals surface area contributed by atoms with E-state index in [0.717, 1.165) is 16.7 Å². The topological polar surface area (TPSA) is 55.1 Å². The van der Waals surface area contributed by atoms with Crippen LogP contribution >= 0.6 is 0 Å². The number of aromatic nitrogens is 1. The molecule has 5 heteroatoms. The molecule has 4 aromatic rings. The van der Waals surface area contributed by atoms with Crippen LogP contribution in [0.15, 0.2) is 77.2 Å². The molecule has 1 aromatic heterocycles. The number of hydrogen-bond donors (Lipinski definition) is 1. The predicted octanol–water partition coefficient (Wildman–Crippen LogP) is 4.89. The number of anilines is 1. The van der Waals surface area contributed by atoms with Gasteiger partial charge in [-0.15, -0.1) is 0 Å². The molecule has 0 spiro atoms. The predicted molar refractivity (Wildman–Crippen MR) is 93.8 cm³/mol. The van der Waals surface area contributed by atoms with Crippen molar-refractivity contribution < 1.29 is 13.6 Å². The first kappa shape index (κ1) is 15.1. The number of oxazole rings is 1. The number of rotatable bonds is 3. The Kier molecular flexibility index (Phi) is 3.74. The van der Waals surface area contributed by atoms with Crippen molar-refractivity contribution in [3.8, 4) is 11.5 Å². The van der Waals surface area contributed by atoms with E-state index < -0.39 is 11.7 Å². The molecule has 0 bridgehead atoms. The number of carbonyl (C=O) groups is 1. The molecule has 0 saturated heterocycles. The van der Waals surface area contributed by atoms with E-state index in [1.165, 1.54) is 12.1 Å². The molecule has 3 aromatic carbocycles. The van der Waals surface area contributed by atoms with E-state index >= 15 is 0 Å². The molecule has 1 N–H and O–H groups in total. The number of para-hydroxylation sites is 2. The average Bonchev–Trinajstić information content (AvgIpc) is 3.07. The highest BCUT2D eigenvalue weighted by atomic mass is 19.1.